The normalized spacial score (nSPS) is 27.8. The van der Waals surface area contributed by atoms with E-state index in [-0.39, 0.29) is 16.0 Å². The van der Waals surface area contributed by atoms with Crippen LogP contribution in [0.1, 0.15) is 32.6 Å². The second-order valence-electron chi connectivity index (χ2n) is 5.39. The fourth-order valence-electron chi connectivity index (χ4n) is 2.41. The highest BCUT2D eigenvalue weighted by molar-refractivity contribution is 7.92. The Balaban J connectivity index is 1.87. The molecule has 2 aliphatic rings. The Hall–Kier alpha value is -0.820. The molecule has 1 heterocycles. The number of hydrogen-bond acceptors (Lipinski definition) is 6. The van der Waals surface area contributed by atoms with Crippen LogP contribution in [-0.2, 0) is 9.84 Å². The number of sulfone groups is 1. The van der Waals surface area contributed by atoms with Gasteiger partial charge in [0.15, 0.2) is 15.7 Å². The average molecular weight is 287 g/mol. The third-order valence-electron chi connectivity index (χ3n) is 3.63. The van der Waals surface area contributed by atoms with E-state index >= 15 is 0 Å². The van der Waals surface area contributed by atoms with Crippen LogP contribution in [0.5, 0.6) is 0 Å². The molecular formula is C11H17N3O2S2. The number of anilines is 2. The van der Waals surface area contributed by atoms with Crippen molar-refractivity contribution in [3.63, 3.8) is 0 Å². The first-order valence-corrected chi connectivity index (χ1v) is 8.56. The summed E-state index contributed by atoms with van der Waals surface area (Å²) in [6.45, 7) is 2.20. The number of rotatable bonds is 4. The van der Waals surface area contributed by atoms with Gasteiger partial charge in [-0.2, -0.15) is 4.37 Å². The van der Waals surface area contributed by atoms with E-state index in [1.165, 1.54) is 0 Å². The molecule has 5 nitrogen and oxygen atoms in total. The Bertz CT molecular complexity index is 557. The first-order chi connectivity index (χ1) is 8.48. The second kappa shape index (κ2) is 4.09. The minimum absolute atomic E-state index is 0.154. The van der Waals surface area contributed by atoms with Crippen molar-refractivity contribution in [2.75, 3.05) is 11.1 Å². The molecule has 1 aromatic rings. The van der Waals surface area contributed by atoms with E-state index in [1.807, 2.05) is 0 Å². The van der Waals surface area contributed by atoms with E-state index < -0.39 is 9.84 Å². The molecular weight excluding hydrogens is 270 g/mol. The first kappa shape index (κ1) is 12.2. The highest BCUT2D eigenvalue weighted by Crippen LogP contribution is 2.42. The molecule has 7 heteroatoms. The van der Waals surface area contributed by atoms with E-state index in [4.69, 9.17) is 5.73 Å². The lowest BCUT2D eigenvalue weighted by Gasteiger charge is -2.33. The summed E-state index contributed by atoms with van der Waals surface area (Å²) in [6.07, 6.45) is 3.66. The topological polar surface area (TPSA) is 85.1 Å². The zero-order valence-corrected chi connectivity index (χ0v) is 11.9. The molecule has 0 unspecified atom stereocenters. The van der Waals surface area contributed by atoms with Crippen LogP contribution in [0, 0.1) is 5.92 Å². The van der Waals surface area contributed by atoms with Crippen molar-refractivity contribution >= 4 is 32.2 Å². The van der Waals surface area contributed by atoms with Gasteiger partial charge >= 0.3 is 0 Å². The summed E-state index contributed by atoms with van der Waals surface area (Å²) in [6, 6.07) is 0.369. The monoisotopic (exact) mass is 287 g/mol. The van der Waals surface area contributed by atoms with Gasteiger partial charge in [0.25, 0.3) is 0 Å². The SMILES string of the molecule is CC1CC(Nc2snc(N)c2S(=O)(=O)C2CC2)C1. The lowest BCUT2D eigenvalue weighted by atomic mass is 9.82. The number of nitrogens with two attached hydrogens (primary N) is 1. The number of nitrogen functional groups attached to an aromatic ring is 1. The minimum Gasteiger partial charge on any atom is -0.382 e. The molecule has 3 rings (SSSR count). The molecule has 2 fully saturated rings. The summed E-state index contributed by atoms with van der Waals surface area (Å²) in [5, 5.41) is 3.68. The lowest BCUT2D eigenvalue weighted by Crippen LogP contribution is -2.33. The number of hydrogen-bond donors (Lipinski definition) is 2. The van der Waals surface area contributed by atoms with Crippen LogP contribution in [0.25, 0.3) is 0 Å². The van der Waals surface area contributed by atoms with Crippen molar-refractivity contribution in [3.05, 3.63) is 0 Å². The zero-order chi connectivity index (χ0) is 12.9. The molecule has 0 atom stereocenters. The van der Waals surface area contributed by atoms with Gasteiger partial charge in [-0.15, -0.1) is 0 Å². The Kier molecular flexibility index (Phi) is 2.78. The average Bonchev–Trinajstić information content (AvgIpc) is 3.03. The molecule has 100 valence electrons. The Morgan fingerprint density at radius 1 is 1.39 bits per heavy atom. The molecule has 0 aromatic carbocycles. The standard InChI is InChI=1S/C11H17N3O2S2/c1-6-4-7(5-6)13-11-9(10(12)14-17-11)18(15,16)8-2-3-8/h6-8,13H,2-5H2,1H3,(H2,12,14). The van der Waals surface area contributed by atoms with Crippen molar-refractivity contribution in [1.82, 2.24) is 4.37 Å². The third-order valence-corrected chi connectivity index (χ3v) is 6.88. The zero-order valence-electron chi connectivity index (χ0n) is 10.2. The fraction of sp³-hybridized carbons (Fsp3) is 0.727. The van der Waals surface area contributed by atoms with Gasteiger partial charge in [0, 0.05) is 6.04 Å². The smallest absolute Gasteiger partial charge is 0.187 e. The van der Waals surface area contributed by atoms with Crippen LogP contribution in [0.15, 0.2) is 4.90 Å². The third kappa shape index (κ3) is 1.99. The molecule has 0 radical (unpaired) electrons. The van der Waals surface area contributed by atoms with Gasteiger partial charge in [-0.25, -0.2) is 8.42 Å². The number of nitrogens with zero attached hydrogens (tertiary/aromatic N) is 1. The van der Waals surface area contributed by atoms with Crippen LogP contribution in [0.2, 0.25) is 0 Å². The van der Waals surface area contributed by atoms with Crippen LogP contribution >= 0.6 is 11.5 Å². The van der Waals surface area contributed by atoms with Crippen molar-refractivity contribution in [2.24, 2.45) is 5.92 Å². The van der Waals surface area contributed by atoms with E-state index in [0.717, 1.165) is 43.1 Å². The second-order valence-corrected chi connectivity index (χ2v) is 8.33. The van der Waals surface area contributed by atoms with Gasteiger partial charge in [0.05, 0.1) is 5.25 Å². The largest absolute Gasteiger partial charge is 0.382 e. The molecule has 0 saturated heterocycles. The van der Waals surface area contributed by atoms with E-state index in [2.05, 4.69) is 16.6 Å². The molecule has 0 bridgehead atoms. The van der Waals surface area contributed by atoms with Crippen molar-refractivity contribution in [2.45, 2.75) is 48.8 Å². The number of aromatic nitrogens is 1. The molecule has 1 aromatic heterocycles. The van der Waals surface area contributed by atoms with Crippen molar-refractivity contribution in [1.29, 1.82) is 0 Å². The maximum Gasteiger partial charge on any atom is 0.187 e. The van der Waals surface area contributed by atoms with Crippen molar-refractivity contribution < 1.29 is 8.42 Å². The summed E-state index contributed by atoms with van der Waals surface area (Å²) < 4.78 is 28.6. The van der Waals surface area contributed by atoms with Crippen LogP contribution in [0.4, 0.5) is 10.8 Å². The molecule has 18 heavy (non-hydrogen) atoms. The van der Waals surface area contributed by atoms with Crippen LogP contribution in [0.3, 0.4) is 0 Å². The van der Waals surface area contributed by atoms with E-state index in [1.54, 1.807) is 0 Å². The van der Waals surface area contributed by atoms with Crippen molar-refractivity contribution in [3.8, 4) is 0 Å². The van der Waals surface area contributed by atoms with Gasteiger partial charge < -0.3 is 11.1 Å². The summed E-state index contributed by atoms with van der Waals surface area (Å²) >= 11 is 1.16. The molecule has 3 N–H and O–H groups in total. The van der Waals surface area contributed by atoms with Gasteiger partial charge in [0.2, 0.25) is 0 Å². The van der Waals surface area contributed by atoms with Gasteiger partial charge in [-0.1, -0.05) is 6.92 Å². The molecule has 0 aliphatic heterocycles. The maximum atomic E-state index is 12.3. The summed E-state index contributed by atoms with van der Waals surface area (Å²) in [5.74, 6) is 0.873. The number of nitrogens with one attached hydrogen (secondary N) is 1. The fourth-order valence-corrected chi connectivity index (χ4v) is 5.36. The quantitative estimate of drug-likeness (QED) is 0.883. The lowest BCUT2D eigenvalue weighted by molar-refractivity contribution is 0.309. The van der Waals surface area contributed by atoms with E-state index in [0.29, 0.717) is 11.0 Å². The van der Waals surface area contributed by atoms with Gasteiger partial charge in [-0.3, -0.25) is 0 Å². The van der Waals surface area contributed by atoms with E-state index in [9.17, 15) is 8.42 Å². The predicted octanol–water partition coefficient (Wildman–Crippen LogP) is 1.87. The molecule has 2 aliphatic carbocycles. The Morgan fingerprint density at radius 3 is 2.61 bits per heavy atom. The Labute approximate surface area is 111 Å². The minimum atomic E-state index is -3.27. The predicted molar refractivity (Wildman–Crippen MR) is 72.5 cm³/mol. The maximum absolute atomic E-state index is 12.3. The van der Waals surface area contributed by atoms with Gasteiger partial charge in [-0.05, 0) is 43.1 Å². The molecule has 2 saturated carbocycles. The van der Waals surface area contributed by atoms with Crippen LogP contribution in [-0.4, -0.2) is 24.1 Å². The molecule has 0 amide bonds. The summed E-state index contributed by atoms with van der Waals surface area (Å²) in [7, 11) is -3.27. The summed E-state index contributed by atoms with van der Waals surface area (Å²) in [5.41, 5.74) is 5.74. The summed E-state index contributed by atoms with van der Waals surface area (Å²) in [4.78, 5) is 0.245. The van der Waals surface area contributed by atoms with Gasteiger partial charge in [0.1, 0.15) is 9.90 Å². The highest BCUT2D eigenvalue weighted by atomic mass is 32.2. The van der Waals surface area contributed by atoms with Crippen LogP contribution < -0.4 is 11.1 Å². The Morgan fingerprint density at radius 2 is 2.06 bits per heavy atom. The molecule has 0 spiro atoms. The highest BCUT2D eigenvalue weighted by Gasteiger charge is 2.41. The first-order valence-electron chi connectivity index (χ1n) is 6.24.